The Hall–Kier alpha value is -2.52. The molecule has 0 spiro atoms. The fraction of sp³-hybridized carbons (Fsp3) is 0.381. The van der Waals surface area contributed by atoms with Gasteiger partial charge in [-0.05, 0) is 49.4 Å². The fourth-order valence-corrected chi connectivity index (χ4v) is 4.83. The minimum Gasteiger partial charge on any atom is -0.342 e. The lowest BCUT2D eigenvalue weighted by atomic mass is 10.0. The lowest BCUT2D eigenvalue weighted by molar-refractivity contribution is -0.130. The van der Waals surface area contributed by atoms with Crippen molar-refractivity contribution in [3.8, 4) is 6.07 Å². The highest BCUT2D eigenvalue weighted by Gasteiger charge is 2.22. The molecule has 3 heterocycles. The first-order valence-corrected chi connectivity index (χ1v) is 10.3. The van der Waals surface area contributed by atoms with Crippen LogP contribution in [0.2, 0.25) is 0 Å². The number of para-hydroxylation sites is 2. The smallest absolute Gasteiger partial charge is 0.232 e. The van der Waals surface area contributed by atoms with Crippen molar-refractivity contribution in [3.63, 3.8) is 0 Å². The van der Waals surface area contributed by atoms with Crippen molar-refractivity contribution < 1.29 is 4.79 Å². The first-order chi connectivity index (χ1) is 13.1. The van der Waals surface area contributed by atoms with Gasteiger partial charge in [0.15, 0.2) is 5.65 Å². The number of hydrogen-bond acceptors (Lipinski definition) is 4. The number of aryl methyl sites for hydroxylation is 1. The SMILES string of the molecule is Cc1cc(SCC(=O)N2CCC[C@H](C)C2)n2c(nc3ccccc32)c1C#N. The van der Waals surface area contributed by atoms with E-state index in [2.05, 4.69) is 18.0 Å². The zero-order valence-corrected chi connectivity index (χ0v) is 16.4. The van der Waals surface area contributed by atoms with Crippen LogP contribution >= 0.6 is 11.8 Å². The van der Waals surface area contributed by atoms with Crippen molar-refractivity contribution in [2.45, 2.75) is 31.7 Å². The third kappa shape index (κ3) is 3.28. The minimum absolute atomic E-state index is 0.186. The predicted octanol–water partition coefficient (Wildman–Crippen LogP) is 4.02. The molecule has 5 nitrogen and oxygen atoms in total. The Morgan fingerprint density at radius 2 is 2.22 bits per heavy atom. The average Bonchev–Trinajstić information content (AvgIpc) is 3.05. The molecule has 3 aromatic rings. The van der Waals surface area contributed by atoms with Gasteiger partial charge in [0.2, 0.25) is 5.91 Å². The monoisotopic (exact) mass is 378 g/mol. The summed E-state index contributed by atoms with van der Waals surface area (Å²) in [4.78, 5) is 19.3. The zero-order chi connectivity index (χ0) is 19.0. The summed E-state index contributed by atoms with van der Waals surface area (Å²) in [7, 11) is 0. The number of carbonyl (C=O) groups excluding carboxylic acids is 1. The molecule has 138 valence electrons. The van der Waals surface area contributed by atoms with E-state index in [9.17, 15) is 10.1 Å². The molecule has 27 heavy (non-hydrogen) atoms. The number of aromatic nitrogens is 2. The standard InChI is InChI=1S/C21H22N4OS/c1-14-6-5-9-24(12-14)19(26)13-27-20-10-15(2)16(11-22)21-23-17-7-3-4-8-18(17)25(20)21/h3-4,7-8,10,14H,5-6,9,12-13H2,1-2H3/t14-/m0/s1. The Bertz CT molecular complexity index is 1070. The van der Waals surface area contributed by atoms with E-state index in [0.29, 0.717) is 22.9 Å². The Morgan fingerprint density at radius 3 is 3.00 bits per heavy atom. The highest BCUT2D eigenvalue weighted by molar-refractivity contribution is 7.99. The molecule has 0 bridgehead atoms. The first-order valence-electron chi connectivity index (χ1n) is 9.30. The number of amides is 1. The highest BCUT2D eigenvalue weighted by atomic mass is 32.2. The third-order valence-corrected chi connectivity index (χ3v) is 6.19. The van der Waals surface area contributed by atoms with Crippen molar-refractivity contribution in [3.05, 3.63) is 41.5 Å². The number of nitriles is 1. The summed E-state index contributed by atoms with van der Waals surface area (Å²) in [6.45, 7) is 5.85. The minimum atomic E-state index is 0.186. The van der Waals surface area contributed by atoms with Crippen LogP contribution in [0, 0.1) is 24.2 Å². The molecule has 1 amide bonds. The van der Waals surface area contributed by atoms with E-state index in [4.69, 9.17) is 0 Å². The number of thioether (sulfide) groups is 1. The number of piperidine rings is 1. The van der Waals surface area contributed by atoms with Gasteiger partial charge in [-0.25, -0.2) is 4.98 Å². The maximum Gasteiger partial charge on any atom is 0.232 e. The molecule has 1 aliphatic heterocycles. The normalized spacial score (nSPS) is 17.4. The van der Waals surface area contributed by atoms with Crippen molar-refractivity contribution >= 4 is 34.3 Å². The summed E-state index contributed by atoms with van der Waals surface area (Å²) >= 11 is 1.53. The molecule has 0 saturated carbocycles. The van der Waals surface area contributed by atoms with Crippen LogP contribution in [0.5, 0.6) is 0 Å². The molecule has 0 radical (unpaired) electrons. The van der Waals surface area contributed by atoms with Crippen LogP contribution in [0.25, 0.3) is 16.7 Å². The van der Waals surface area contributed by atoms with Gasteiger partial charge < -0.3 is 4.90 Å². The molecule has 2 aromatic heterocycles. The molecule has 1 atom stereocenters. The van der Waals surface area contributed by atoms with Gasteiger partial charge in [-0.3, -0.25) is 9.20 Å². The van der Waals surface area contributed by atoms with E-state index in [1.807, 2.05) is 46.6 Å². The van der Waals surface area contributed by atoms with E-state index >= 15 is 0 Å². The lowest BCUT2D eigenvalue weighted by Crippen LogP contribution is -2.40. The van der Waals surface area contributed by atoms with E-state index in [1.54, 1.807) is 0 Å². The lowest BCUT2D eigenvalue weighted by Gasteiger charge is -2.30. The van der Waals surface area contributed by atoms with Crippen LogP contribution in [0.15, 0.2) is 35.4 Å². The van der Waals surface area contributed by atoms with Gasteiger partial charge in [-0.1, -0.05) is 30.8 Å². The summed E-state index contributed by atoms with van der Waals surface area (Å²) in [5.74, 6) is 1.17. The Balaban J connectivity index is 1.69. The van der Waals surface area contributed by atoms with Crippen LogP contribution in [-0.2, 0) is 4.79 Å². The quantitative estimate of drug-likeness (QED) is 0.646. The van der Waals surface area contributed by atoms with Gasteiger partial charge in [0, 0.05) is 13.1 Å². The van der Waals surface area contributed by atoms with Crippen LogP contribution in [-0.4, -0.2) is 39.0 Å². The van der Waals surface area contributed by atoms with Crippen molar-refractivity contribution in [2.24, 2.45) is 5.92 Å². The van der Waals surface area contributed by atoms with Crippen molar-refractivity contribution in [1.82, 2.24) is 14.3 Å². The second kappa shape index (κ2) is 7.24. The number of pyridine rings is 1. The number of rotatable bonds is 3. The van der Waals surface area contributed by atoms with Crippen LogP contribution in [0.3, 0.4) is 0 Å². The Kier molecular flexibility index (Phi) is 4.79. The molecule has 6 heteroatoms. The molecular formula is C21H22N4OS. The number of carbonyl (C=O) groups is 1. The van der Waals surface area contributed by atoms with Gasteiger partial charge >= 0.3 is 0 Å². The van der Waals surface area contributed by atoms with Crippen molar-refractivity contribution in [2.75, 3.05) is 18.8 Å². The second-order valence-electron chi connectivity index (χ2n) is 7.29. The maximum atomic E-state index is 12.7. The molecular weight excluding hydrogens is 356 g/mol. The third-order valence-electron chi connectivity index (χ3n) is 5.20. The van der Waals surface area contributed by atoms with Gasteiger partial charge in [0.25, 0.3) is 0 Å². The molecule has 0 unspecified atom stereocenters. The van der Waals surface area contributed by atoms with E-state index in [1.165, 1.54) is 18.2 Å². The fourth-order valence-electron chi connectivity index (χ4n) is 3.80. The molecule has 1 saturated heterocycles. The van der Waals surface area contributed by atoms with Crippen molar-refractivity contribution in [1.29, 1.82) is 5.26 Å². The average molecular weight is 379 g/mol. The summed E-state index contributed by atoms with van der Waals surface area (Å²) in [5.41, 5.74) is 3.97. The molecule has 1 aromatic carbocycles. The Labute approximate surface area is 163 Å². The van der Waals surface area contributed by atoms with Gasteiger partial charge in [0.1, 0.15) is 6.07 Å². The largest absolute Gasteiger partial charge is 0.342 e. The number of nitrogens with zero attached hydrogens (tertiary/aromatic N) is 4. The summed E-state index contributed by atoms with van der Waals surface area (Å²) < 4.78 is 2.01. The molecule has 1 aliphatic rings. The van der Waals surface area contributed by atoms with Crippen LogP contribution in [0.1, 0.15) is 30.9 Å². The zero-order valence-electron chi connectivity index (χ0n) is 15.6. The van der Waals surface area contributed by atoms with Crippen LogP contribution < -0.4 is 0 Å². The van der Waals surface area contributed by atoms with Gasteiger partial charge in [-0.2, -0.15) is 5.26 Å². The highest BCUT2D eigenvalue weighted by Crippen LogP contribution is 2.29. The second-order valence-corrected chi connectivity index (χ2v) is 8.28. The van der Waals surface area contributed by atoms with Crippen LogP contribution in [0.4, 0.5) is 0 Å². The number of fused-ring (bicyclic) bond motifs is 3. The van der Waals surface area contributed by atoms with E-state index in [0.717, 1.165) is 41.1 Å². The maximum absolute atomic E-state index is 12.7. The molecule has 1 fully saturated rings. The number of benzene rings is 1. The number of hydrogen-bond donors (Lipinski definition) is 0. The number of imidazole rings is 1. The molecule has 0 aliphatic carbocycles. The first kappa shape index (κ1) is 17.9. The predicted molar refractivity (Wildman–Crippen MR) is 108 cm³/mol. The molecule has 0 N–H and O–H groups in total. The molecule has 4 rings (SSSR count). The topological polar surface area (TPSA) is 61.4 Å². The summed E-state index contributed by atoms with van der Waals surface area (Å²) in [6, 6.07) is 12.1. The Morgan fingerprint density at radius 1 is 1.41 bits per heavy atom. The summed E-state index contributed by atoms with van der Waals surface area (Å²) in [5, 5.41) is 10.5. The van der Waals surface area contributed by atoms with E-state index in [-0.39, 0.29) is 5.91 Å². The van der Waals surface area contributed by atoms with E-state index < -0.39 is 0 Å². The van der Waals surface area contributed by atoms with Gasteiger partial charge in [0.05, 0.1) is 27.4 Å². The number of likely N-dealkylation sites (tertiary alicyclic amines) is 1. The summed E-state index contributed by atoms with van der Waals surface area (Å²) in [6.07, 6.45) is 2.29. The van der Waals surface area contributed by atoms with Gasteiger partial charge in [-0.15, -0.1) is 0 Å².